The molecule has 21 heavy (non-hydrogen) atoms. The Hall–Kier alpha value is -0.970. The van der Waals surface area contributed by atoms with Crippen molar-refractivity contribution in [3.8, 4) is 5.75 Å². The lowest BCUT2D eigenvalue weighted by Gasteiger charge is -2.33. The number of amides is 1. The molecule has 6 heteroatoms. The maximum absolute atomic E-state index is 12.4. The summed E-state index contributed by atoms with van der Waals surface area (Å²) in [6, 6.07) is 7.09. The Kier molecular flexibility index (Phi) is 7.29. The average molecular weight is 333 g/mol. The first-order valence-corrected chi connectivity index (χ1v) is 7.39. The zero-order valence-electron chi connectivity index (χ0n) is 12.1. The van der Waals surface area contributed by atoms with Gasteiger partial charge in [-0.3, -0.25) is 4.79 Å². The lowest BCUT2D eigenvalue weighted by atomic mass is 9.98. The number of benzene rings is 1. The minimum atomic E-state index is -0.509. The van der Waals surface area contributed by atoms with Gasteiger partial charge in [-0.15, -0.1) is 12.4 Å². The van der Waals surface area contributed by atoms with Crippen LogP contribution in [-0.2, 0) is 4.79 Å². The van der Waals surface area contributed by atoms with E-state index in [1.165, 1.54) is 0 Å². The molecule has 2 rings (SSSR count). The van der Waals surface area contributed by atoms with Gasteiger partial charge in [-0.05, 0) is 50.4 Å². The number of ether oxygens (including phenoxy) is 1. The molecule has 0 radical (unpaired) electrons. The molecule has 0 bridgehead atoms. The number of carbonyl (C=O) groups excluding carboxylic acids is 1. The fourth-order valence-electron chi connectivity index (χ4n) is 2.51. The first-order valence-electron chi connectivity index (χ1n) is 7.01. The van der Waals surface area contributed by atoms with E-state index < -0.39 is 6.10 Å². The second-order valence-electron chi connectivity index (χ2n) is 5.25. The lowest BCUT2D eigenvalue weighted by molar-refractivity contribution is -0.139. The molecule has 2 unspecified atom stereocenters. The third-order valence-electron chi connectivity index (χ3n) is 3.62. The van der Waals surface area contributed by atoms with Crippen LogP contribution < -0.4 is 10.5 Å². The van der Waals surface area contributed by atoms with Crippen molar-refractivity contribution in [2.45, 2.75) is 25.9 Å². The Morgan fingerprint density at radius 2 is 2.33 bits per heavy atom. The van der Waals surface area contributed by atoms with Crippen LogP contribution >= 0.6 is 24.0 Å². The van der Waals surface area contributed by atoms with Crippen LogP contribution in [0, 0.1) is 5.92 Å². The Morgan fingerprint density at radius 3 is 3.00 bits per heavy atom. The number of nitrogens with zero attached hydrogens (tertiary/aromatic N) is 1. The molecule has 118 valence electrons. The number of rotatable bonds is 4. The van der Waals surface area contributed by atoms with Crippen LogP contribution in [0.5, 0.6) is 5.75 Å². The highest BCUT2D eigenvalue weighted by Crippen LogP contribution is 2.20. The highest BCUT2D eigenvalue weighted by atomic mass is 35.5. The summed E-state index contributed by atoms with van der Waals surface area (Å²) >= 11 is 5.91. The van der Waals surface area contributed by atoms with Gasteiger partial charge in [0, 0.05) is 18.1 Å². The maximum atomic E-state index is 12.4. The predicted molar refractivity (Wildman–Crippen MR) is 87.1 cm³/mol. The summed E-state index contributed by atoms with van der Waals surface area (Å²) in [5, 5.41) is 0.600. The van der Waals surface area contributed by atoms with E-state index in [9.17, 15) is 4.79 Å². The van der Waals surface area contributed by atoms with E-state index in [0.717, 1.165) is 25.9 Å². The molecule has 1 saturated heterocycles. The number of piperidine rings is 1. The summed E-state index contributed by atoms with van der Waals surface area (Å²) in [5.74, 6) is 1.04. The average Bonchev–Trinajstić information content (AvgIpc) is 2.46. The molecule has 1 fully saturated rings. The van der Waals surface area contributed by atoms with E-state index in [1.807, 2.05) is 4.90 Å². The largest absolute Gasteiger partial charge is 0.481 e. The van der Waals surface area contributed by atoms with Gasteiger partial charge < -0.3 is 15.4 Å². The van der Waals surface area contributed by atoms with Crippen LogP contribution in [-0.4, -0.2) is 36.5 Å². The second kappa shape index (κ2) is 8.47. The summed E-state index contributed by atoms with van der Waals surface area (Å²) in [6.07, 6.45) is 1.60. The summed E-state index contributed by atoms with van der Waals surface area (Å²) in [6.45, 7) is 3.93. The van der Waals surface area contributed by atoms with Crippen molar-refractivity contribution in [3.63, 3.8) is 0 Å². The van der Waals surface area contributed by atoms with Crippen LogP contribution in [0.2, 0.25) is 5.02 Å². The fourth-order valence-corrected chi connectivity index (χ4v) is 2.69. The van der Waals surface area contributed by atoms with Crippen LogP contribution in [0.4, 0.5) is 0 Å². The number of carbonyl (C=O) groups is 1. The monoisotopic (exact) mass is 332 g/mol. The third kappa shape index (κ3) is 5.06. The smallest absolute Gasteiger partial charge is 0.263 e. The highest BCUT2D eigenvalue weighted by Gasteiger charge is 2.27. The predicted octanol–water partition coefficient (Wildman–Crippen LogP) is 2.73. The van der Waals surface area contributed by atoms with Crippen molar-refractivity contribution in [2.75, 3.05) is 19.6 Å². The van der Waals surface area contributed by atoms with Crippen LogP contribution in [0.3, 0.4) is 0 Å². The molecule has 2 atom stereocenters. The fraction of sp³-hybridized carbons (Fsp3) is 0.533. The quantitative estimate of drug-likeness (QED) is 0.922. The van der Waals surface area contributed by atoms with Crippen molar-refractivity contribution in [1.29, 1.82) is 0 Å². The van der Waals surface area contributed by atoms with Crippen molar-refractivity contribution in [3.05, 3.63) is 29.3 Å². The van der Waals surface area contributed by atoms with E-state index in [2.05, 4.69) is 0 Å². The van der Waals surface area contributed by atoms with Gasteiger partial charge in [-0.1, -0.05) is 17.7 Å². The molecule has 1 aromatic rings. The van der Waals surface area contributed by atoms with Crippen molar-refractivity contribution < 1.29 is 9.53 Å². The summed E-state index contributed by atoms with van der Waals surface area (Å²) in [4.78, 5) is 14.2. The molecule has 0 aliphatic carbocycles. The second-order valence-corrected chi connectivity index (χ2v) is 5.68. The molecule has 0 aromatic heterocycles. The van der Waals surface area contributed by atoms with Crippen molar-refractivity contribution >= 4 is 29.9 Å². The van der Waals surface area contributed by atoms with Gasteiger partial charge in [0.2, 0.25) is 0 Å². The van der Waals surface area contributed by atoms with Crippen molar-refractivity contribution in [2.24, 2.45) is 11.7 Å². The van der Waals surface area contributed by atoms with Crippen LogP contribution in [0.1, 0.15) is 19.8 Å². The van der Waals surface area contributed by atoms with Crippen molar-refractivity contribution in [1.82, 2.24) is 4.90 Å². The van der Waals surface area contributed by atoms with Gasteiger partial charge in [-0.2, -0.15) is 0 Å². The molecule has 0 saturated carbocycles. The van der Waals surface area contributed by atoms with E-state index in [-0.39, 0.29) is 18.3 Å². The SMILES string of the molecule is CC(Oc1cccc(Cl)c1)C(=O)N1CCCC(CN)C1.Cl. The summed E-state index contributed by atoms with van der Waals surface area (Å²) in [7, 11) is 0. The standard InChI is InChI=1S/C15H21ClN2O2.ClH/c1-11(20-14-6-2-5-13(16)8-14)15(19)18-7-3-4-12(9-17)10-18;/h2,5-6,8,11-12H,3-4,7,9-10,17H2,1H3;1H. The Morgan fingerprint density at radius 1 is 1.57 bits per heavy atom. The Bertz CT molecular complexity index is 471. The van der Waals surface area contributed by atoms with E-state index in [1.54, 1.807) is 31.2 Å². The van der Waals surface area contributed by atoms with Crippen LogP contribution in [0.25, 0.3) is 0 Å². The van der Waals surface area contributed by atoms with Gasteiger partial charge in [0.25, 0.3) is 5.91 Å². The van der Waals surface area contributed by atoms with Crippen LogP contribution in [0.15, 0.2) is 24.3 Å². The third-order valence-corrected chi connectivity index (χ3v) is 3.86. The molecule has 1 aliphatic rings. The van der Waals surface area contributed by atoms with E-state index >= 15 is 0 Å². The highest BCUT2D eigenvalue weighted by molar-refractivity contribution is 6.30. The van der Waals surface area contributed by atoms with E-state index in [4.69, 9.17) is 22.1 Å². The number of likely N-dealkylation sites (tertiary alicyclic amines) is 1. The minimum Gasteiger partial charge on any atom is -0.481 e. The number of halogens is 2. The van der Waals surface area contributed by atoms with Gasteiger partial charge in [0.05, 0.1) is 0 Å². The molecular weight excluding hydrogens is 311 g/mol. The number of hydrogen-bond acceptors (Lipinski definition) is 3. The van der Waals surface area contributed by atoms with Gasteiger partial charge in [-0.25, -0.2) is 0 Å². The molecule has 1 heterocycles. The molecule has 4 nitrogen and oxygen atoms in total. The zero-order chi connectivity index (χ0) is 14.5. The first-order chi connectivity index (χ1) is 9.60. The number of hydrogen-bond donors (Lipinski definition) is 1. The Balaban J connectivity index is 0.00000220. The summed E-state index contributed by atoms with van der Waals surface area (Å²) in [5.41, 5.74) is 5.70. The summed E-state index contributed by atoms with van der Waals surface area (Å²) < 4.78 is 5.67. The maximum Gasteiger partial charge on any atom is 0.263 e. The lowest BCUT2D eigenvalue weighted by Crippen LogP contribution is -2.47. The molecule has 1 aliphatic heterocycles. The first kappa shape index (κ1) is 18.1. The normalized spacial score (nSPS) is 19.6. The molecule has 2 N–H and O–H groups in total. The van der Waals surface area contributed by atoms with Gasteiger partial charge in [0.15, 0.2) is 6.10 Å². The van der Waals surface area contributed by atoms with E-state index in [0.29, 0.717) is 23.2 Å². The topological polar surface area (TPSA) is 55.6 Å². The molecular formula is C15H22Cl2N2O2. The molecule has 1 amide bonds. The number of nitrogens with two attached hydrogens (primary N) is 1. The molecule has 1 aromatic carbocycles. The molecule has 0 spiro atoms. The zero-order valence-corrected chi connectivity index (χ0v) is 13.7. The minimum absolute atomic E-state index is 0. The van der Waals surface area contributed by atoms with Gasteiger partial charge >= 0.3 is 0 Å². The van der Waals surface area contributed by atoms with Gasteiger partial charge in [0.1, 0.15) is 5.75 Å². The Labute approximate surface area is 137 Å².